The van der Waals surface area contributed by atoms with Gasteiger partial charge in [0.2, 0.25) is 0 Å². The van der Waals surface area contributed by atoms with Crippen LogP contribution in [0.4, 0.5) is 0 Å². The molecule has 2 rings (SSSR count). The molecule has 0 atom stereocenters. The first kappa shape index (κ1) is 26.0. The van der Waals surface area contributed by atoms with Crippen molar-refractivity contribution in [2.24, 2.45) is 5.92 Å². The lowest BCUT2D eigenvalue weighted by Gasteiger charge is -2.22. The summed E-state index contributed by atoms with van der Waals surface area (Å²) in [6.07, 6.45) is 9.23. The van der Waals surface area contributed by atoms with Gasteiger partial charge in [-0.25, -0.2) is 0 Å². The highest BCUT2D eigenvalue weighted by molar-refractivity contribution is 7.23. The molecule has 0 amide bonds. The molecule has 0 aliphatic heterocycles. The normalized spacial score (nSPS) is 11.0. The molecule has 0 saturated carbocycles. The van der Waals surface area contributed by atoms with Gasteiger partial charge in [0.1, 0.15) is 23.0 Å². The van der Waals surface area contributed by atoms with E-state index in [2.05, 4.69) is 0 Å². The van der Waals surface area contributed by atoms with E-state index in [1.54, 1.807) is 28.4 Å². The molecule has 0 aromatic heterocycles. The molecule has 0 N–H and O–H groups in total. The van der Waals surface area contributed by atoms with Crippen LogP contribution < -0.4 is 18.9 Å². The first-order valence-corrected chi connectivity index (χ1v) is 12.4. The third kappa shape index (κ3) is 7.70. The first-order chi connectivity index (χ1) is 15.7. The molecule has 0 fully saturated rings. The van der Waals surface area contributed by atoms with E-state index in [4.69, 9.17) is 18.9 Å². The van der Waals surface area contributed by atoms with Crippen molar-refractivity contribution >= 4 is 8.46 Å². The summed E-state index contributed by atoms with van der Waals surface area (Å²) < 4.78 is 33.2. The van der Waals surface area contributed by atoms with Crippen molar-refractivity contribution in [1.82, 2.24) is 0 Å². The summed E-state index contributed by atoms with van der Waals surface area (Å²) in [6, 6.07) is 11.9. The molecule has 32 heavy (non-hydrogen) atoms. The first-order valence-electron chi connectivity index (χ1n) is 11.4. The zero-order chi connectivity index (χ0) is 23.2. The van der Waals surface area contributed by atoms with Crippen LogP contribution in [-0.4, -0.2) is 34.6 Å². The summed E-state index contributed by atoms with van der Waals surface area (Å²) >= 11 is 0. The molecular weight excluding hydrogens is 423 g/mol. The van der Waals surface area contributed by atoms with Gasteiger partial charge >= 0.3 is 0 Å². The van der Waals surface area contributed by atoms with Gasteiger partial charge in [0, 0.05) is 17.3 Å². The van der Waals surface area contributed by atoms with Gasteiger partial charge in [-0.1, -0.05) is 37.8 Å². The quantitative estimate of drug-likeness (QED) is 0.205. The van der Waals surface area contributed by atoms with E-state index in [-0.39, 0.29) is 8.46 Å². The van der Waals surface area contributed by atoms with E-state index in [0.29, 0.717) is 5.92 Å². The number of unbranched alkanes of at least 4 members (excludes halogenated alkanes) is 4. The molecule has 2 aromatic carbocycles. The van der Waals surface area contributed by atoms with Gasteiger partial charge in [-0.2, -0.15) is 0 Å². The molecule has 2 aromatic rings. The van der Waals surface area contributed by atoms with Gasteiger partial charge in [-0.3, -0.25) is 4.57 Å². The molecule has 6 heteroatoms. The Labute approximate surface area is 194 Å². The Morgan fingerprint density at radius 3 is 1.47 bits per heavy atom. The Hall–Kier alpha value is -2.26. The molecule has 0 aliphatic rings. The van der Waals surface area contributed by atoms with E-state index in [1.807, 2.05) is 36.4 Å². The average molecular weight is 461 g/mol. The van der Waals surface area contributed by atoms with Crippen molar-refractivity contribution in [3.8, 4) is 23.0 Å². The van der Waals surface area contributed by atoms with E-state index in [1.165, 1.54) is 12.8 Å². The maximum atomic E-state index is 10.6. The molecule has 0 aliphatic carbocycles. The monoisotopic (exact) mass is 460 g/mol. The van der Waals surface area contributed by atoms with Crippen molar-refractivity contribution in [3.63, 3.8) is 0 Å². The highest BCUT2D eigenvalue weighted by Gasteiger charge is 2.21. The third-order valence-corrected chi connectivity index (χ3v) is 6.41. The van der Waals surface area contributed by atoms with Gasteiger partial charge < -0.3 is 18.9 Å². The highest BCUT2D eigenvalue weighted by atomic mass is 31.1. The second kappa shape index (κ2) is 14.7. The molecule has 0 unspecified atom stereocenters. The number of hydrogen-bond donors (Lipinski definition) is 0. The predicted octanol–water partition coefficient (Wildman–Crippen LogP) is 6.75. The van der Waals surface area contributed by atoms with Crippen LogP contribution in [0.25, 0.3) is 0 Å². The second-order valence-corrected chi connectivity index (χ2v) is 8.67. The van der Waals surface area contributed by atoms with Crippen molar-refractivity contribution in [2.75, 3.05) is 34.6 Å². The maximum absolute atomic E-state index is 10.6. The number of benzene rings is 2. The lowest BCUT2D eigenvalue weighted by atomic mass is 9.87. The number of hydrogen-bond acceptors (Lipinski definition) is 5. The summed E-state index contributed by atoms with van der Waals surface area (Å²) in [6.45, 7) is 0. The van der Waals surface area contributed by atoms with Crippen LogP contribution in [0.3, 0.4) is 0 Å². The van der Waals surface area contributed by atoms with Crippen molar-refractivity contribution < 1.29 is 23.5 Å². The Morgan fingerprint density at radius 1 is 0.656 bits per heavy atom. The van der Waals surface area contributed by atoms with Crippen LogP contribution in [0.15, 0.2) is 36.4 Å². The van der Waals surface area contributed by atoms with Crippen LogP contribution in [-0.2, 0) is 17.4 Å². The second-order valence-electron chi connectivity index (χ2n) is 7.97. The molecule has 5 nitrogen and oxygen atoms in total. The lowest BCUT2D eigenvalue weighted by molar-refractivity contribution is 0.358. The van der Waals surface area contributed by atoms with Crippen molar-refractivity contribution in [2.45, 2.75) is 51.4 Å². The molecule has 0 spiro atoms. The van der Waals surface area contributed by atoms with E-state index >= 15 is 0 Å². The minimum atomic E-state index is 0.260. The van der Waals surface area contributed by atoms with Crippen molar-refractivity contribution in [3.05, 3.63) is 47.5 Å². The van der Waals surface area contributed by atoms with Gasteiger partial charge in [-0.05, 0) is 55.9 Å². The van der Waals surface area contributed by atoms with Crippen LogP contribution in [0.1, 0.15) is 49.7 Å². The summed E-state index contributed by atoms with van der Waals surface area (Å²) in [5.74, 6) is 3.82. The fourth-order valence-corrected chi connectivity index (χ4v) is 4.60. The topological polar surface area (TPSA) is 54.0 Å². The van der Waals surface area contributed by atoms with Crippen LogP contribution in [0, 0.1) is 5.92 Å². The average Bonchev–Trinajstić information content (AvgIpc) is 2.83. The van der Waals surface area contributed by atoms with Crippen molar-refractivity contribution in [1.29, 1.82) is 0 Å². The fourth-order valence-electron chi connectivity index (χ4n) is 4.25. The standard InChI is InChI=1S/C26H37O5P/c1-28-23-13-10-14-24(29-2)21(23)18-20(12-8-6-5-7-9-17-32-27)19-22-25(30-3)15-11-16-26(22)31-4/h10-11,13-16,20H,5-9,12,17-19H2,1-4H3. The van der Waals surface area contributed by atoms with Crippen LogP contribution >= 0.6 is 8.46 Å². The van der Waals surface area contributed by atoms with Crippen LogP contribution in [0.5, 0.6) is 23.0 Å². The SMILES string of the molecule is COc1cccc(OC)c1CC(CCCCCCCP=O)Cc1c(OC)cccc1OC. The Morgan fingerprint density at radius 2 is 1.06 bits per heavy atom. The minimum Gasteiger partial charge on any atom is -0.496 e. The number of methoxy groups -OCH3 is 4. The summed E-state index contributed by atoms with van der Waals surface area (Å²) in [5, 5.41) is 0. The molecule has 0 bridgehead atoms. The minimum absolute atomic E-state index is 0.260. The molecule has 0 heterocycles. The predicted molar refractivity (Wildman–Crippen MR) is 130 cm³/mol. The smallest absolute Gasteiger partial charge is 0.155 e. The highest BCUT2D eigenvalue weighted by Crippen LogP contribution is 2.36. The van der Waals surface area contributed by atoms with Gasteiger partial charge in [0.05, 0.1) is 28.4 Å². The summed E-state index contributed by atoms with van der Waals surface area (Å²) in [5.41, 5.74) is 2.21. The zero-order valence-corrected chi connectivity index (χ0v) is 20.8. The Kier molecular flexibility index (Phi) is 12.0. The largest absolute Gasteiger partial charge is 0.496 e. The lowest BCUT2D eigenvalue weighted by Crippen LogP contribution is -2.12. The Balaban J connectivity index is 2.20. The summed E-state index contributed by atoms with van der Waals surface area (Å²) in [7, 11) is 7.08. The molecule has 176 valence electrons. The fraction of sp³-hybridized carbons (Fsp3) is 0.538. The number of ether oxygens (including phenoxy) is 4. The van der Waals surface area contributed by atoms with Gasteiger partial charge in [0.15, 0.2) is 8.46 Å². The maximum Gasteiger partial charge on any atom is 0.155 e. The van der Waals surface area contributed by atoms with Gasteiger partial charge in [-0.15, -0.1) is 0 Å². The Bertz CT molecular complexity index is 722. The van der Waals surface area contributed by atoms with E-state index in [9.17, 15) is 4.57 Å². The molecular formula is C26H37O5P. The summed E-state index contributed by atoms with van der Waals surface area (Å²) in [4.78, 5) is 0. The third-order valence-electron chi connectivity index (χ3n) is 5.91. The van der Waals surface area contributed by atoms with Crippen LogP contribution in [0.2, 0.25) is 0 Å². The van der Waals surface area contributed by atoms with E-state index < -0.39 is 0 Å². The van der Waals surface area contributed by atoms with Gasteiger partial charge in [0.25, 0.3) is 0 Å². The molecule has 0 radical (unpaired) electrons. The zero-order valence-electron chi connectivity index (χ0n) is 19.9. The van der Waals surface area contributed by atoms with E-state index in [0.717, 1.165) is 78.8 Å². The molecule has 0 saturated heterocycles. The number of rotatable bonds is 16.